The predicted molar refractivity (Wildman–Crippen MR) is 120 cm³/mol. The molecule has 1 saturated carbocycles. The Morgan fingerprint density at radius 3 is 2.61 bits per heavy atom. The Balaban J connectivity index is 1.72. The fourth-order valence-corrected chi connectivity index (χ4v) is 6.08. The van der Waals surface area contributed by atoms with Crippen molar-refractivity contribution in [2.45, 2.75) is 55.4 Å². The van der Waals surface area contributed by atoms with Crippen molar-refractivity contribution < 1.29 is 9.78 Å². The Morgan fingerprint density at radius 1 is 1.07 bits per heavy atom. The summed E-state index contributed by atoms with van der Waals surface area (Å²) in [7, 11) is 1.55. The third kappa shape index (κ3) is 4.33. The molecule has 0 spiro atoms. The molecule has 2 aromatic carbocycles. The summed E-state index contributed by atoms with van der Waals surface area (Å²) in [4.78, 5) is 11.2. The van der Waals surface area contributed by atoms with E-state index in [0.29, 0.717) is 12.5 Å². The van der Waals surface area contributed by atoms with Gasteiger partial charge in [-0.15, -0.1) is 11.8 Å². The third-order valence-corrected chi connectivity index (χ3v) is 7.41. The first kappa shape index (κ1) is 20.0. The Morgan fingerprint density at radius 2 is 1.86 bits per heavy atom. The number of fused-ring (bicyclic) bond motifs is 1. The van der Waals surface area contributed by atoms with E-state index in [1.54, 1.807) is 7.11 Å². The zero-order valence-corrected chi connectivity index (χ0v) is 18.6. The highest BCUT2D eigenvalue weighted by Crippen LogP contribution is 2.43. The molecule has 1 aliphatic carbocycles. The van der Waals surface area contributed by atoms with Gasteiger partial charge in [0.1, 0.15) is 6.61 Å². The molecule has 0 bridgehead atoms. The maximum Gasteiger partial charge on any atom is 0.107 e. The van der Waals surface area contributed by atoms with Crippen LogP contribution in [-0.4, -0.2) is 11.7 Å². The summed E-state index contributed by atoms with van der Waals surface area (Å²) in [5.41, 5.74) is 3.89. The minimum Gasteiger partial charge on any atom is -0.325 e. The summed E-state index contributed by atoms with van der Waals surface area (Å²) < 4.78 is 3.65. The van der Waals surface area contributed by atoms with Gasteiger partial charge in [-0.2, -0.15) is 0 Å². The molecule has 1 fully saturated rings. The Kier molecular flexibility index (Phi) is 6.78. The van der Waals surface area contributed by atoms with Crippen molar-refractivity contribution in [2.75, 3.05) is 7.11 Å². The summed E-state index contributed by atoms with van der Waals surface area (Å²) in [6.07, 6.45) is 6.62. The van der Waals surface area contributed by atoms with Gasteiger partial charge in [-0.25, -0.2) is 9.78 Å². The van der Waals surface area contributed by atoms with Gasteiger partial charge in [0.05, 0.1) is 23.1 Å². The average Bonchev–Trinajstić information content (AvgIpc) is 3.02. The van der Waals surface area contributed by atoms with Gasteiger partial charge < -0.3 is 4.57 Å². The van der Waals surface area contributed by atoms with E-state index < -0.39 is 0 Å². The van der Waals surface area contributed by atoms with Gasteiger partial charge in [0.25, 0.3) is 0 Å². The monoisotopic (exact) mass is 459 g/mol. The largest absolute Gasteiger partial charge is 0.325 e. The average molecular weight is 460 g/mol. The molecule has 0 N–H and O–H groups in total. The zero-order chi connectivity index (χ0) is 19.3. The minimum absolute atomic E-state index is 0.458. The molecule has 0 saturated heterocycles. The lowest BCUT2D eigenvalue weighted by atomic mass is 9.84. The first-order valence-corrected chi connectivity index (χ1v) is 11.7. The van der Waals surface area contributed by atoms with Gasteiger partial charge in [-0.1, -0.05) is 49.6 Å². The lowest BCUT2D eigenvalue weighted by Gasteiger charge is -2.22. The molecular weight excluding hydrogens is 434 g/mol. The second kappa shape index (κ2) is 9.49. The highest BCUT2D eigenvalue weighted by atomic mass is 79.9. The van der Waals surface area contributed by atoms with E-state index in [1.165, 1.54) is 58.1 Å². The third-order valence-electron chi connectivity index (χ3n) is 5.56. The van der Waals surface area contributed by atoms with Crippen LogP contribution in [0.4, 0.5) is 0 Å². The van der Waals surface area contributed by atoms with Crippen molar-refractivity contribution in [3.8, 4) is 0 Å². The fourth-order valence-electron chi connectivity index (χ4n) is 4.17. The van der Waals surface area contributed by atoms with Gasteiger partial charge in [0, 0.05) is 10.3 Å². The highest BCUT2D eigenvalue weighted by Gasteiger charge is 2.24. The molecule has 0 radical (unpaired) electrons. The molecule has 3 nitrogen and oxygen atoms in total. The maximum absolute atomic E-state index is 5.16. The number of hydrogen-bond acceptors (Lipinski definition) is 3. The highest BCUT2D eigenvalue weighted by molar-refractivity contribution is 9.10. The van der Waals surface area contributed by atoms with Crippen molar-refractivity contribution >= 4 is 38.6 Å². The smallest absolute Gasteiger partial charge is 0.107 e. The van der Waals surface area contributed by atoms with Crippen LogP contribution in [0.3, 0.4) is 0 Å². The molecule has 28 heavy (non-hydrogen) atoms. The van der Waals surface area contributed by atoms with Gasteiger partial charge in [-0.05, 0) is 64.0 Å². The maximum atomic E-state index is 5.16. The van der Waals surface area contributed by atoms with E-state index in [-0.39, 0.29) is 0 Å². The summed E-state index contributed by atoms with van der Waals surface area (Å²) in [6, 6.07) is 17.3. The number of thioether (sulfide) groups is 1. The molecule has 4 rings (SSSR count). The second-order valence-electron chi connectivity index (χ2n) is 7.33. The summed E-state index contributed by atoms with van der Waals surface area (Å²) in [6.45, 7) is 0.458. The van der Waals surface area contributed by atoms with Crippen molar-refractivity contribution in [1.82, 2.24) is 4.57 Å². The molecule has 0 amide bonds. The Hall–Kier alpha value is -1.27. The minimum atomic E-state index is 0.458. The summed E-state index contributed by atoms with van der Waals surface area (Å²) in [5.74, 6) is 1.53. The van der Waals surface area contributed by atoms with Gasteiger partial charge in [0.15, 0.2) is 0 Å². The van der Waals surface area contributed by atoms with Crippen molar-refractivity contribution in [3.05, 3.63) is 64.3 Å². The van der Waals surface area contributed by atoms with Gasteiger partial charge >= 0.3 is 0 Å². The number of halogens is 1. The molecule has 1 aromatic heterocycles. The van der Waals surface area contributed by atoms with Crippen LogP contribution in [0.2, 0.25) is 0 Å². The first-order valence-electron chi connectivity index (χ1n) is 9.92. The lowest BCUT2D eigenvalue weighted by Crippen LogP contribution is -2.05. The van der Waals surface area contributed by atoms with Crippen molar-refractivity contribution in [2.24, 2.45) is 0 Å². The molecule has 0 unspecified atom stereocenters. The van der Waals surface area contributed by atoms with E-state index in [9.17, 15) is 0 Å². The van der Waals surface area contributed by atoms with Gasteiger partial charge in [-0.3, -0.25) is 0 Å². The van der Waals surface area contributed by atoms with Crippen LogP contribution in [0.1, 0.15) is 49.1 Å². The fraction of sp³-hybridized carbons (Fsp3) is 0.391. The summed E-state index contributed by atoms with van der Waals surface area (Å²) in [5, 5.41) is 1.37. The number of hydrogen-bond donors (Lipinski definition) is 0. The van der Waals surface area contributed by atoms with Crippen LogP contribution in [0.15, 0.2) is 58.0 Å². The number of rotatable bonds is 7. The van der Waals surface area contributed by atoms with Crippen LogP contribution in [0, 0.1) is 0 Å². The van der Waals surface area contributed by atoms with Crippen LogP contribution >= 0.6 is 27.7 Å². The van der Waals surface area contributed by atoms with Crippen LogP contribution in [-0.2, 0) is 22.3 Å². The molecule has 148 valence electrons. The van der Waals surface area contributed by atoms with Crippen LogP contribution < -0.4 is 0 Å². The van der Waals surface area contributed by atoms with Crippen molar-refractivity contribution in [3.63, 3.8) is 0 Å². The normalized spacial score (nSPS) is 15.4. The standard InChI is InChI=1S/C23H26BrNO2S/c1-26-27-15-17-12-13-20-21(14-17)25(16-28-19-10-6-3-7-11-19)23(24)22(20)18-8-4-2-5-9-18/h3,6-7,10-14,18H,2,4-5,8-9,15-16H2,1H3. The predicted octanol–water partition coefficient (Wildman–Crippen LogP) is 7.28. The van der Waals surface area contributed by atoms with Gasteiger partial charge in [0.2, 0.25) is 0 Å². The number of nitrogens with zero attached hydrogens (tertiary/aromatic N) is 1. The molecule has 0 aliphatic heterocycles. The van der Waals surface area contributed by atoms with E-state index in [0.717, 1.165) is 11.4 Å². The van der Waals surface area contributed by atoms with Crippen LogP contribution in [0.25, 0.3) is 10.9 Å². The lowest BCUT2D eigenvalue weighted by molar-refractivity contribution is -0.282. The zero-order valence-electron chi connectivity index (χ0n) is 16.2. The van der Waals surface area contributed by atoms with Crippen molar-refractivity contribution in [1.29, 1.82) is 0 Å². The second-order valence-corrected chi connectivity index (χ2v) is 9.10. The quantitative estimate of drug-likeness (QED) is 0.210. The SMILES string of the molecule is COOCc1ccc2c(C3CCCCC3)c(Br)n(CSc3ccccc3)c2c1. The topological polar surface area (TPSA) is 23.4 Å². The molecule has 3 aromatic rings. The van der Waals surface area contributed by atoms with E-state index in [2.05, 4.69) is 69.0 Å². The van der Waals surface area contributed by atoms with E-state index in [1.807, 2.05) is 11.8 Å². The van der Waals surface area contributed by atoms with E-state index >= 15 is 0 Å². The molecular formula is C23H26BrNO2S. The number of aromatic nitrogens is 1. The molecule has 0 atom stereocenters. The van der Waals surface area contributed by atoms with E-state index in [4.69, 9.17) is 9.78 Å². The first-order chi connectivity index (χ1) is 13.8. The molecule has 5 heteroatoms. The van der Waals surface area contributed by atoms with Crippen LogP contribution in [0.5, 0.6) is 0 Å². The Labute approximate surface area is 179 Å². The molecule has 1 heterocycles. The summed E-state index contributed by atoms with van der Waals surface area (Å²) >= 11 is 5.84. The Bertz CT molecular complexity index is 919. The molecule has 1 aliphatic rings. The number of benzene rings is 2.